The highest BCUT2D eigenvalue weighted by atomic mass is 16.5. The van der Waals surface area contributed by atoms with Gasteiger partial charge in [0, 0.05) is 13.1 Å². The zero-order valence-corrected chi connectivity index (χ0v) is 18.5. The molecule has 6 heteroatoms. The Morgan fingerprint density at radius 2 is 1.42 bits per heavy atom. The van der Waals surface area contributed by atoms with Crippen LogP contribution in [0.3, 0.4) is 0 Å². The number of ether oxygens (including phenoxy) is 2. The average Bonchev–Trinajstić information content (AvgIpc) is 3.03. The van der Waals surface area contributed by atoms with Gasteiger partial charge in [0.2, 0.25) is 0 Å². The van der Waals surface area contributed by atoms with Gasteiger partial charge in [-0.3, -0.25) is 9.59 Å². The molecule has 162 valence electrons. The van der Waals surface area contributed by atoms with Crippen LogP contribution in [0.2, 0.25) is 0 Å². The van der Waals surface area contributed by atoms with E-state index in [1.165, 1.54) is 4.90 Å². The molecule has 2 amide bonds. The minimum Gasteiger partial charge on any atom is -0.493 e. The molecule has 2 aliphatic rings. The Morgan fingerprint density at radius 1 is 0.774 bits per heavy atom. The van der Waals surface area contributed by atoms with Crippen LogP contribution in [-0.2, 0) is 9.59 Å². The van der Waals surface area contributed by atoms with Crippen molar-refractivity contribution in [1.82, 2.24) is 4.90 Å². The number of likely N-dealkylation sites (tertiary alicyclic amines) is 1. The quantitative estimate of drug-likeness (QED) is 0.682. The van der Waals surface area contributed by atoms with E-state index in [2.05, 4.69) is 4.90 Å². The first-order valence-electron chi connectivity index (χ1n) is 10.6. The van der Waals surface area contributed by atoms with E-state index in [4.69, 9.17) is 9.47 Å². The van der Waals surface area contributed by atoms with Gasteiger partial charge >= 0.3 is 0 Å². The van der Waals surface area contributed by atoms with Crippen LogP contribution in [-0.4, -0.2) is 44.0 Å². The van der Waals surface area contributed by atoms with E-state index in [1.807, 2.05) is 38.1 Å². The van der Waals surface area contributed by atoms with E-state index in [9.17, 15) is 9.59 Å². The van der Waals surface area contributed by atoms with Gasteiger partial charge in [0.25, 0.3) is 11.8 Å². The first kappa shape index (κ1) is 21.0. The molecule has 0 spiro atoms. The van der Waals surface area contributed by atoms with Crippen LogP contribution in [0.4, 0.5) is 5.69 Å². The molecule has 0 atom stereocenters. The van der Waals surface area contributed by atoms with Crippen molar-refractivity contribution in [3.05, 3.63) is 58.8 Å². The summed E-state index contributed by atoms with van der Waals surface area (Å²) < 4.78 is 10.8. The van der Waals surface area contributed by atoms with Crippen LogP contribution in [0.1, 0.15) is 36.0 Å². The molecule has 4 rings (SSSR count). The molecular formula is C25H28N2O4. The summed E-state index contributed by atoms with van der Waals surface area (Å²) in [6, 6.07) is 11.2. The Morgan fingerprint density at radius 3 is 2.03 bits per heavy atom. The van der Waals surface area contributed by atoms with E-state index in [0.29, 0.717) is 34.0 Å². The number of carbonyl (C=O) groups excluding carboxylic acids is 2. The fourth-order valence-corrected chi connectivity index (χ4v) is 4.50. The summed E-state index contributed by atoms with van der Waals surface area (Å²) in [6.07, 6.45) is 3.15. The number of hydrogen-bond donors (Lipinski definition) is 0. The van der Waals surface area contributed by atoms with Crippen molar-refractivity contribution < 1.29 is 19.1 Å². The molecule has 2 aromatic carbocycles. The predicted molar refractivity (Wildman–Crippen MR) is 120 cm³/mol. The van der Waals surface area contributed by atoms with Gasteiger partial charge < -0.3 is 14.4 Å². The van der Waals surface area contributed by atoms with Crippen LogP contribution in [0.25, 0.3) is 5.57 Å². The largest absolute Gasteiger partial charge is 0.493 e. The minimum atomic E-state index is -0.303. The fraction of sp³-hybridized carbons (Fsp3) is 0.360. The Bertz CT molecular complexity index is 1050. The molecule has 0 aromatic heterocycles. The van der Waals surface area contributed by atoms with Gasteiger partial charge in [-0.25, -0.2) is 4.90 Å². The second kappa shape index (κ2) is 8.46. The van der Waals surface area contributed by atoms with E-state index < -0.39 is 0 Å². The maximum atomic E-state index is 13.7. The van der Waals surface area contributed by atoms with Crippen molar-refractivity contribution in [2.45, 2.75) is 33.1 Å². The second-order valence-electron chi connectivity index (χ2n) is 8.13. The number of hydrogen-bond acceptors (Lipinski definition) is 5. The van der Waals surface area contributed by atoms with E-state index in [0.717, 1.165) is 43.5 Å². The van der Waals surface area contributed by atoms with Gasteiger partial charge in [0.1, 0.15) is 5.70 Å². The molecule has 31 heavy (non-hydrogen) atoms. The smallest absolute Gasteiger partial charge is 0.282 e. The van der Waals surface area contributed by atoms with Crippen LogP contribution < -0.4 is 14.4 Å². The van der Waals surface area contributed by atoms with Crippen molar-refractivity contribution in [2.24, 2.45) is 0 Å². The topological polar surface area (TPSA) is 59.1 Å². The number of methoxy groups -OCH3 is 2. The van der Waals surface area contributed by atoms with E-state index in [-0.39, 0.29) is 11.8 Å². The van der Waals surface area contributed by atoms with Crippen LogP contribution >= 0.6 is 0 Å². The number of rotatable bonds is 5. The summed E-state index contributed by atoms with van der Waals surface area (Å²) in [5.74, 6) is 0.536. The van der Waals surface area contributed by atoms with Crippen LogP contribution in [0.5, 0.6) is 11.5 Å². The van der Waals surface area contributed by atoms with Crippen molar-refractivity contribution >= 4 is 23.1 Å². The lowest BCUT2D eigenvalue weighted by molar-refractivity contribution is -0.120. The molecule has 0 saturated carbocycles. The number of carbonyl (C=O) groups is 2. The molecule has 2 heterocycles. The Balaban J connectivity index is 1.86. The highest BCUT2D eigenvalue weighted by Crippen LogP contribution is 2.39. The maximum Gasteiger partial charge on any atom is 0.282 e. The maximum absolute atomic E-state index is 13.7. The monoisotopic (exact) mass is 420 g/mol. The van der Waals surface area contributed by atoms with Gasteiger partial charge in [-0.05, 0) is 74.1 Å². The summed E-state index contributed by atoms with van der Waals surface area (Å²) in [5.41, 5.74) is 4.19. The summed E-state index contributed by atoms with van der Waals surface area (Å²) in [5, 5.41) is 0. The standard InChI is InChI=1S/C25H28N2O4/c1-16-12-17(2)14-19(13-16)27-24(28)22(18-8-9-20(30-3)21(15-18)31-4)23(25(27)29)26-10-6-5-7-11-26/h8-9,12-15H,5-7,10-11H2,1-4H3. The number of amides is 2. The Hall–Kier alpha value is -3.28. The van der Waals surface area contributed by atoms with Gasteiger partial charge in [0.05, 0.1) is 25.5 Å². The molecule has 1 fully saturated rings. The van der Waals surface area contributed by atoms with Crippen LogP contribution in [0, 0.1) is 13.8 Å². The first-order valence-corrected chi connectivity index (χ1v) is 10.6. The predicted octanol–water partition coefficient (Wildman–Crippen LogP) is 4.09. The molecule has 0 aliphatic carbocycles. The SMILES string of the molecule is COc1ccc(C2=C(N3CCCCC3)C(=O)N(c3cc(C)cc(C)c3)C2=O)cc1OC. The minimum absolute atomic E-state index is 0.262. The highest BCUT2D eigenvalue weighted by Gasteiger charge is 2.43. The van der Waals surface area contributed by atoms with E-state index >= 15 is 0 Å². The number of imide groups is 1. The lowest BCUT2D eigenvalue weighted by Crippen LogP contribution is -2.37. The van der Waals surface area contributed by atoms with Gasteiger partial charge in [-0.15, -0.1) is 0 Å². The second-order valence-corrected chi connectivity index (χ2v) is 8.13. The number of piperidine rings is 1. The molecule has 0 N–H and O–H groups in total. The van der Waals surface area contributed by atoms with Gasteiger partial charge in [-0.2, -0.15) is 0 Å². The third-order valence-electron chi connectivity index (χ3n) is 5.87. The van der Waals surface area contributed by atoms with Crippen molar-refractivity contribution in [3.8, 4) is 11.5 Å². The van der Waals surface area contributed by atoms with Crippen LogP contribution in [0.15, 0.2) is 42.1 Å². The van der Waals surface area contributed by atoms with Gasteiger partial charge in [0.15, 0.2) is 11.5 Å². The Labute approximate surface area is 183 Å². The normalized spacial score (nSPS) is 16.9. The lowest BCUT2D eigenvalue weighted by Gasteiger charge is -2.29. The highest BCUT2D eigenvalue weighted by molar-refractivity contribution is 6.45. The number of benzene rings is 2. The van der Waals surface area contributed by atoms with Gasteiger partial charge in [-0.1, -0.05) is 12.1 Å². The summed E-state index contributed by atoms with van der Waals surface area (Å²) in [7, 11) is 3.13. The third-order valence-corrected chi connectivity index (χ3v) is 5.87. The molecule has 0 unspecified atom stereocenters. The number of anilines is 1. The molecule has 2 aromatic rings. The Kier molecular flexibility index (Phi) is 5.72. The molecule has 1 saturated heterocycles. The summed E-state index contributed by atoms with van der Waals surface area (Å²) in [4.78, 5) is 30.7. The molecular weight excluding hydrogens is 392 g/mol. The lowest BCUT2D eigenvalue weighted by atomic mass is 10.0. The zero-order valence-electron chi connectivity index (χ0n) is 18.5. The third kappa shape index (κ3) is 3.78. The molecule has 2 aliphatic heterocycles. The average molecular weight is 421 g/mol. The van der Waals surface area contributed by atoms with Crippen molar-refractivity contribution in [1.29, 1.82) is 0 Å². The van der Waals surface area contributed by atoms with Crippen molar-refractivity contribution in [3.63, 3.8) is 0 Å². The zero-order chi connectivity index (χ0) is 22.1. The summed E-state index contributed by atoms with van der Waals surface area (Å²) in [6.45, 7) is 5.48. The molecule has 0 bridgehead atoms. The summed E-state index contributed by atoms with van der Waals surface area (Å²) >= 11 is 0. The molecule has 0 radical (unpaired) electrons. The number of nitrogens with zero attached hydrogens (tertiary/aromatic N) is 2. The van der Waals surface area contributed by atoms with E-state index in [1.54, 1.807) is 26.4 Å². The fourth-order valence-electron chi connectivity index (χ4n) is 4.50. The number of aryl methyl sites for hydroxylation is 2. The first-order chi connectivity index (χ1) is 14.9. The molecule has 6 nitrogen and oxygen atoms in total. The van der Waals surface area contributed by atoms with Crippen molar-refractivity contribution in [2.75, 3.05) is 32.2 Å².